The number of aliphatic hydroxyl groups excluding tert-OH is 1. The quantitative estimate of drug-likeness (QED) is 0.598. The fraction of sp³-hybridized carbons (Fsp3) is 0.278. The van der Waals surface area contributed by atoms with E-state index in [1.165, 1.54) is 6.07 Å². The first kappa shape index (κ1) is 21.7. The average Bonchev–Trinajstić information content (AvgIpc) is 2.58. The lowest BCUT2D eigenvalue weighted by Gasteiger charge is -2.19. The largest absolute Gasteiger partial charge is 0.387 e. The number of hydrogen-bond donors (Lipinski definition) is 3. The number of sulfonamides is 1. The second-order valence-corrected chi connectivity index (χ2v) is 8.68. The van der Waals surface area contributed by atoms with Crippen LogP contribution in [-0.4, -0.2) is 38.3 Å². The molecule has 0 aliphatic heterocycles. The zero-order valence-electron chi connectivity index (χ0n) is 14.5. The molecular formula is C18H20Cl2N2O4S. The maximum atomic E-state index is 12.5. The van der Waals surface area contributed by atoms with Gasteiger partial charge in [0.15, 0.2) is 0 Å². The van der Waals surface area contributed by atoms with E-state index in [0.29, 0.717) is 10.6 Å². The van der Waals surface area contributed by atoms with Crippen LogP contribution in [0.3, 0.4) is 0 Å². The van der Waals surface area contributed by atoms with Crippen molar-refractivity contribution in [3.05, 3.63) is 69.7 Å². The van der Waals surface area contributed by atoms with Crippen LogP contribution in [0.15, 0.2) is 48.5 Å². The topological polar surface area (TPSA) is 95.5 Å². The number of hydrogen-bond acceptors (Lipinski definition) is 4. The Hall–Kier alpha value is -1.64. The third-order valence-corrected chi connectivity index (χ3v) is 5.02. The van der Waals surface area contributed by atoms with Crippen molar-refractivity contribution in [2.45, 2.75) is 18.6 Å². The van der Waals surface area contributed by atoms with Gasteiger partial charge in [-0.25, -0.2) is 13.1 Å². The van der Waals surface area contributed by atoms with Crippen LogP contribution in [-0.2, 0) is 21.2 Å². The van der Waals surface area contributed by atoms with Gasteiger partial charge in [0.05, 0.1) is 12.4 Å². The van der Waals surface area contributed by atoms with Gasteiger partial charge in [0, 0.05) is 22.2 Å². The van der Waals surface area contributed by atoms with Gasteiger partial charge in [0.1, 0.15) is 6.04 Å². The van der Waals surface area contributed by atoms with E-state index in [1.807, 2.05) is 6.07 Å². The molecule has 9 heteroatoms. The van der Waals surface area contributed by atoms with Crippen molar-refractivity contribution >= 4 is 39.1 Å². The summed E-state index contributed by atoms with van der Waals surface area (Å²) in [5.74, 6) is -0.548. The van der Waals surface area contributed by atoms with E-state index in [9.17, 15) is 18.3 Å². The molecule has 0 bridgehead atoms. The predicted octanol–water partition coefficient (Wildman–Crippen LogP) is 2.30. The van der Waals surface area contributed by atoms with Crippen molar-refractivity contribution in [1.82, 2.24) is 10.0 Å². The van der Waals surface area contributed by atoms with Crippen LogP contribution in [0.2, 0.25) is 10.0 Å². The van der Waals surface area contributed by atoms with E-state index in [1.54, 1.807) is 36.4 Å². The third-order valence-electron chi connectivity index (χ3n) is 3.75. The zero-order chi connectivity index (χ0) is 20.0. The van der Waals surface area contributed by atoms with Gasteiger partial charge >= 0.3 is 0 Å². The Balaban J connectivity index is 2.06. The lowest BCUT2D eigenvalue weighted by molar-refractivity contribution is -0.123. The first-order chi connectivity index (χ1) is 12.7. The van der Waals surface area contributed by atoms with Crippen LogP contribution < -0.4 is 10.0 Å². The van der Waals surface area contributed by atoms with E-state index < -0.39 is 28.1 Å². The number of carbonyl (C=O) groups is 1. The fourth-order valence-electron chi connectivity index (χ4n) is 2.50. The molecule has 0 fully saturated rings. The zero-order valence-corrected chi connectivity index (χ0v) is 16.9. The minimum atomic E-state index is -3.60. The SMILES string of the molecule is CS(=O)(=O)NC(Cc1ccccc1)C(=O)NCC(O)c1ccc(Cl)cc1Cl. The standard InChI is InChI=1S/C18H20Cl2N2O4S/c1-27(25,26)22-16(9-12-5-3-2-4-6-12)18(24)21-11-17(23)14-8-7-13(19)10-15(14)20/h2-8,10,16-17,22-23H,9,11H2,1H3,(H,21,24). The predicted molar refractivity (Wildman–Crippen MR) is 106 cm³/mol. The molecule has 6 nitrogen and oxygen atoms in total. The monoisotopic (exact) mass is 430 g/mol. The van der Waals surface area contributed by atoms with E-state index in [2.05, 4.69) is 10.0 Å². The Morgan fingerprint density at radius 1 is 1.15 bits per heavy atom. The number of carbonyl (C=O) groups excluding carboxylic acids is 1. The van der Waals surface area contributed by atoms with Crippen molar-refractivity contribution < 1.29 is 18.3 Å². The molecular weight excluding hydrogens is 411 g/mol. The van der Waals surface area contributed by atoms with Gasteiger partial charge in [-0.3, -0.25) is 4.79 Å². The first-order valence-corrected chi connectivity index (χ1v) is 10.7. The fourth-order valence-corrected chi connectivity index (χ4v) is 3.74. The molecule has 0 aliphatic rings. The third kappa shape index (κ3) is 7.12. The maximum Gasteiger partial charge on any atom is 0.238 e. The number of halogens is 2. The van der Waals surface area contributed by atoms with E-state index in [0.717, 1.165) is 11.8 Å². The van der Waals surface area contributed by atoms with Crippen molar-refractivity contribution in [2.24, 2.45) is 0 Å². The molecule has 27 heavy (non-hydrogen) atoms. The van der Waals surface area contributed by atoms with Crippen LogP contribution >= 0.6 is 23.2 Å². The molecule has 2 aromatic carbocycles. The molecule has 2 unspecified atom stereocenters. The minimum absolute atomic E-state index is 0.128. The summed E-state index contributed by atoms with van der Waals surface area (Å²) in [6, 6.07) is 12.7. The molecule has 0 heterocycles. The lowest BCUT2D eigenvalue weighted by Crippen LogP contribution is -2.48. The van der Waals surface area contributed by atoms with Crippen LogP contribution in [0.5, 0.6) is 0 Å². The van der Waals surface area contributed by atoms with Gasteiger partial charge in [-0.15, -0.1) is 0 Å². The molecule has 0 saturated heterocycles. The first-order valence-electron chi connectivity index (χ1n) is 8.07. The Morgan fingerprint density at radius 2 is 1.81 bits per heavy atom. The highest BCUT2D eigenvalue weighted by Crippen LogP contribution is 2.25. The molecule has 0 spiro atoms. The molecule has 2 aromatic rings. The van der Waals surface area contributed by atoms with Crippen LogP contribution in [0, 0.1) is 0 Å². The highest BCUT2D eigenvalue weighted by molar-refractivity contribution is 7.88. The van der Waals surface area contributed by atoms with Gasteiger partial charge in [0.25, 0.3) is 0 Å². The summed E-state index contributed by atoms with van der Waals surface area (Å²) in [5, 5.41) is 13.5. The number of amides is 1. The van der Waals surface area contributed by atoms with Crippen molar-refractivity contribution in [3.63, 3.8) is 0 Å². The maximum absolute atomic E-state index is 12.5. The molecule has 0 saturated carbocycles. The normalized spacial score (nSPS) is 13.8. The Morgan fingerprint density at radius 3 is 2.41 bits per heavy atom. The summed E-state index contributed by atoms with van der Waals surface area (Å²) in [5.41, 5.74) is 1.21. The number of rotatable bonds is 8. The second kappa shape index (κ2) is 9.52. The molecule has 2 atom stereocenters. The number of aliphatic hydroxyl groups is 1. The smallest absolute Gasteiger partial charge is 0.238 e. The van der Waals surface area contributed by atoms with Crippen LogP contribution in [0.25, 0.3) is 0 Å². The number of benzene rings is 2. The van der Waals surface area contributed by atoms with E-state index in [-0.39, 0.29) is 18.0 Å². The molecule has 0 aliphatic carbocycles. The number of nitrogens with one attached hydrogen (secondary N) is 2. The van der Waals surface area contributed by atoms with Gasteiger partial charge in [-0.2, -0.15) is 0 Å². The van der Waals surface area contributed by atoms with Crippen molar-refractivity contribution in [3.8, 4) is 0 Å². The van der Waals surface area contributed by atoms with E-state index in [4.69, 9.17) is 23.2 Å². The molecule has 0 aromatic heterocycles. The lowest BCUT2D eigenvalue weighted by atomic mass is 10.1. The van der Waals surface area contributed by atoms with Gasteiger partial charge < -0.3 is 10.4 Å². The molecule has 2 rings (SSSR count). The van der Waals surface area contributed by atoms with Gasteiger partial charge in [-0.05, 0) is 24.1 Å². The van der Waals surface area contributed by atoms with Crippen LogP contribution in [0.4, 0.5) is 0 Å². The summed E-state index contributed by atoms with van der Waals surface area (Å²) in [6.45, 7) is -0.128. The van der Waals surface area contributed by atoms with Gasteiger partial charge in [-0.1, -0.05) is 59.6 Å². The molecule has 0 radical (unpaired) electrons. The Kier molecular flexibility index (Phi) is 7.64. The molecule has 1 amide bonds. The van der Waals surface area contributed by atoms with Gasteiger partial charge in [0.2, 0.25) is 15.9 Å². The second-order valence-electron chi connectivity index (χ2n) is 6.06. The molecule has 146 valence electrons. The summed E-state index contributed by atoms with van der Waals surface area (Å²) in [4.78, 5) is 12.5. The highest BCUT2D eigenvalue weighted by atomic mass is 35.5. The van der Waals surface area contributed by atoms with Crippen LogP contribution in [0.1, 0.15) is 17.2 Å². The Bertz CT molecular complexity index is 891. The summed E-state index contributed by atoms with van der Waals surface area (Å²) < 4.78 is 25.5. The summed E-state index contributed by atoms with van der Waals surface area (Å²) in [7, 11) is -3.60. The average molecular weight is 431 g/mol. The van der Waals surface area contributed by atoms with Crippen molar-refractivity contribution in [2.75, 3.05) is 12.8 Å². The van der Waals surface area contributed by atoms with Crippen molar-refractivity contribution in [1.29, 1.82) is 0 Å². The molecule has 3 N–H and O–H groups in total. The minimum Gasteiger partial charge on any atom is -0.387 e. The Labute approximate surface area is 168 Å². The summed E-state index contributed by atoms with van der Waals surface area (Å²) in [6.07, 6.45) is 0.104. The summed E-state index contributed by atoms with van der Waals surface area (Å²) >= 11 is 11.9. The highest BCUT2D eigenvalue weighted by Gasteiger charge is 2.23. The van der Waals surface area contributed by atoms with E-state index >= 15 is 0 Å².